The molecule has 3 nitrogen and oxygen atoms in total. The van der Waals surface area contributed by atoms with Gasteiger partial charge in [-0.1, -0.05) is 29.8 Å². The number of benzene rings is 2. The van der Waals surface area contributed by atoms with Gasteiger partial charge < -0.3 is 0 Å². The Morgan fingerprint density at radius 2 is 1.82 bits per heavy atom. The number of para-hydroxylation sites is 1. The standard InChI is InChI=1S/C16H9ClF2N2O/c17-16-13(9-22)15(12-8-10(18)6-7-14(12)19)20-21(16)11-4-2-1-3-5-11/h1-9H. The molecule has 0 atom stereocenters. The van der Waals surface area contributed by atoms with Gasteiger partial charge in [-0.3, -0.25) is 4.79 Å². The maximum Gasteiger partial charge on any atom is 0.155 e. The molecule has 3 rings (SSSR count). The first-order valence-electron chi connectivity index (χ1n) is 6.36. The highest BCUT2D eigenvalue weighted by atomic mass is 35.5. The highest BCUT2D eigenvalue weighted by molar-refractivity contribution is 6.32. The van der Waals surface area contributed by atoms with Crippen molar-refractivity contribution in [2.45, 2.75) is 0 Å². The topological polar surface area (TPSA) is 34.9 Å². The molecule has 0 unspecified atom stereocenters. The van der Waals surface area contributed by atoms with Crippen molar-refractivity contribution in [1.29, 1.82) is 0 Å². The number of aldehydes is 1. The smallest absolute Gasteiger partial charge is 0.155 e. The van der Waals surface area contributed by atoms with Crippen molar-refractivity contribution in [1.82, 2.24) is 9.78 Å². The molecule has 3 aromatic rings. The van der Waals surface area contributed by atoms with Gasteiger partial charge in [0, 0.05) is 5.56 Å². The first-order valence-corrected chi connectivity index (χ1v) is 6.74. The van der Waals surface area contributed by atoms with E-state index in [1.807, 2.05) is 6.07 Å². The summed E-state index contributed by atoms with van der Waals surface area (Å²) in [5.41, 5.74) is 0.508. The lowest BCUT2D eigenvalue weighted by Gasteiger charge is -2.02. The first kappa shape index (κ1) is 14.4. The number of aromatic nitrogens is 2. The number of hydrogen-bond acceptors (Lipinski definition) is 2. The minimum absolute atomic E-state index is 0.000790. The highest BCUT2D eigenvalue weighted by Crippen LogP contribution is 2.31. The van der Waals surface area contributed by atoms with Gasteiger partial charge in [0.05, 0.1) is 11.3 Å². The van der Waals surface area contributed by atoms with E-state index in [4.69, 9.17) is 11.6 Å². The summed E-state index contributed by atoms with van der Waals surface area (Å²) in [4.78, 5) is 11.3. The van der Waals surface area contributed by atoms with E-state index in [0.29, 0.717) is 12.0 Å². The Bertz CT molecular complexity index is 847. The van der Waals surface area contributed by atoms with Crippen molar-refractivity contribution in [2.24, 2.45) is 0 Å². The van der Waals surface area contributed by atoms with Gasteiger partial charge in [0.15, 0.2) is 6.29 Å². The van der Waals surface area contributed by atoms with Crippen molar-refractivity contribution in [3.05, 3.63) is 70.9 Å². The molecule has 0 radical (unpaired) electrons. The number of carbonyl (C=O) groups is 1. The third-order valence-electron chi connectivity index (χ3n) is 3.17. The lowest BCUT2D eigenvalue weighted by Crippen LogP contribution is -1.96. The summed E-state index contributed by atoms with van der Waals surface area (Å²) in [5.74, 6) is -1.31. The van der Waals surface area contributed by atoms with Crippen molar-refractivity contribution < 1.29 is 13.6 Å². The van der Waals surface area contributed by atoms with Crippen LogP contribution in [0.25, 0.3) is 16.9 Å². The van der Waals surface area contributed by atoms with Crippen LogP contribution in [0.15, 0.2) is 48.5 Å². The maximum atomic E-state index is 13.9. The van der Waals surface area contributed by atoms with E-state index in [9.17, 15) is 13.6 Å². The average molecular weight is 319 g/mol. The number of nitrogens with zero attached hydrogens (tertiary/aromatic N) is 2. The van der Waals surface area contributed by atoms with E-state index in [2.05, 4.69) is 5.10 Å². The normalized spacial score (nSPS) is 10.7. The molecule has 6 heteroatoms. The van der Waals surface area contributed by atoms with Gasteiger partial charge in [-0.25, -0.2) is 13.5 Å². The molecule has 0 bridgehead atoms. The zero-order valence-electron chi connectivity index (χ0n) is 11.1. The average Bonchev–Trinajstić information content (AvgIpc) is 2.87. The molecule has 22 heavy (non-hydrogen) atoms. The second kappa shape index (κ2) is 5.69. The van der Waals surface area contributed by atoms with Crippen molar-refractivity contribution >= 4 is 17.9 Å². The highest BCUT2D eigenvalue weighted by Gasteiger charge is 2.21. The predicted molar refractivity (Wildman–Crippen MR) is 79.3 cm³/mol. The minimum Gasteiger partial charge on any atom is -0.298 e. The fourth-order valence-electron chi connectivity index (χ4n) is 2.13. The lowest BCUT2D eigenvalue weighted by molar-refractivity contribution is 0.112. The largest absolute Gasteiger partial charge is 0.298 e. The Morgan fingerprint density at radius 1 is 1.09 bits per heavy atom. The molecule has 0 N–H and O–H groups in total. The molecule has 0 aliphatic rings. The SMILES string of the molecule is O=Cc1c(-c2cc(F)ccc2F)nn(-c2ccccc2)c1Cl. The fraction of sp³-hybridized carbons (Fsp3) is 0. The molecule has 110 valence electrons. The quantitative estimate of drug-likeness (QED) is 0.675. The molecule has 0 amide bonds. The van der Waals surface area contributed by atoms with E-state index >= 15 is 0 Å². The van der Waals surface area contributed by atoms with Gasteiger partial charge in [0.1, 0.15) is 22.5 Å². The van der Waals surface area contributed by atoms with Crippen LogP contribution in [0.2, 0.25) is 5.15 Å². The van der Waals surface area contributed by atoms with E-state index in [0.717, 1.165) is 18.2 Å². The Morgan fingerprint density at radius 3 is 2.50 bits per heavy atom. The Kier molecular flexibility index (Phi) is 3.73. The Labute approximate surface area is 129 Å². The van der Waals surface area contributed by atoms with E-state index in [1.165, 1.54) is 4.68 Å². The number of hydrogen-bond donors (Lipinski definition) is 0. The van der Waals surface area contributed by atoms with Crippen LogP contribution < -0.4 is 0 Å². The van der Waals surface area contributed by atoms with Crippen LogP contribution in [-0.4, -0.2) is 16.1 Å². The fourth-order valence-corrected chi connectivity index (χ4v) is 2.40. The van der Waals surface area contributed by atoms with Gasteiger partial charge in [-0.05, 0) is 30.3 Å². The summed E-state index contributed by atoms with van der Waals surface area (Å²) in [6, 6.07) is 11.8. The third kappa shape index (κ3) is 2.40. The maximum absolute atomic E-state index is 13.9. The Balaban J connectivity index is 2.25. The van der Waals surface area contributed by atoms with Gasteiger partial charge >= 0.3 is 0 Å². The van der Waals surface area contributed by atoms with E-state index in [1.54, 1.807) is 24.3 Å². The van der Waals surface area contributed by atoms with Crippen molar-refractivity contribution in [3.8, 4) is 16.9 Å². The summed E-state index contributed by atoms with van der Waals surface area (Å²) in [7, 11) is 0. The monoisotopic (exact) mass is 318 g/mol. The number of halogens is 3. The van der Waals surface area contributed by atoms with Crippen LogP contribution in [0.4, 0.5) is 8.78 Å². The molecular weight excluding hydrogens is 310 g/mol. The van der Waals surface area contributed by atoms with Crippen LogP contribution in [0.3, 0.4) is 0 Å². The summed E-state index contributed by atoms with van der Waals surface area (Å²) >= 11 is 6.16. The summed E-state index contributed by atoms with van der Waals surface area (Å²) < 4.78 is 28.6. The second-order valence-electron chi connectivity index (χ2n) is 4.54. The van der Waals surface area contributed by atoms with Crippen LogP contribution in [0.5, 0.6) is 0 Å². The van der Waals surface area contributed by atoms with Crippen LogP contribution in [0.1, 0.15) is 10.4 Å². The first-order chi connectivity index (χ1) is 10.6. The molecule has 1 aromatic heterocycles. The van der Waals surface area contributed by atoms with Gasteiger partial charge in [-0.15, -0.1) is 0 Å². The van der Waals surface area contributed by atoms with Gasteiger partial charge in [0.25, 0.3) is 0 Å². The van der Waals surface area contributed by atoms with Crippen LogP contribution >= 0.6 is 11.6 Å². The van der Waals surface area contributed by atoms with Gasteiger partial charge in [0.2, 0.25) is 0 Å². The van der Waals surface area contributed by atoms with Crippen molar-refractivity contribution in [3.63, 3.8) is 0 Å². The molecular formula is C16H9ClF2N2O. The minimum atomic E-state index is -0.682. The van der Waals surface area contributed by atoms with Crippen LogP contribution in [-0.2, 0) is 0 Å². The molecule has 1 heterocycles. The lowest BCUT2D eigenvalue weighted by atomic mass is 10.1. The summed E-state index contributed by atoms with van der Waals surface area (Å²) in [6.45, 7) is 0. The molecule has 0 fully saturated rings. The molecule has 0 aliphatic heterocycles. The number of carbonyl (C=O) groups excluding carboxylic acids is 1. The van der Waals surface area contributed by atoms with Crippen LogP contribution in [0, 0.1) is 11.6 Å². The summed E-state index contributed by atoms with van der Waals surface area (Å²) in [5, 5.41) is 4.21. The van der Waals surface area contributed by atoms with Crippen molar-refractivity contribution in [2.75, 3.05) is 0 Å². The molecule has 0 saturated carbocycles. The number of rotatable bonds is 3. The zero-order valence-corrected chi connectivity index (χ0v) is 11.9. The van der Waals surface area contributed by atoms with E-state index < -0.39 is 11.6 Å². The zero-order chi connectivity index (χ0) is 15.7. The molecule has 2 aromatic carbocycles. The third-order valence-corrected chi connectivity index (χ3v) is 3.53. The predicted octanol–water partition coefficient (Wildman–Crippen LogP) is 4.28. The van der Waals surface area contributed by atoms with Gasteiger partial charge in [-0.2, -0.15) is 5.10 Å². The molecule has 0 spiro atoms. The molecule has 0 saturated heterocycles. The Hall–Kier alpha value is -2.53. The van der Waals surface area contributed by atoms with E-state index in [-0.39, 0.29) is 22.0 Å². The summed E-state index contributed by atoms with van der Waals surface area (Å²) in [6.07, 6.45) is 0.481. The molecule has 0 aliphatic carbocycles. The second-order valence-corrected chi connectivity index (χ2v) is 4.90.